The molecule has 0 bridgehead atoms. The fraction of sp³-hybridized carbons (Fsp3) is 0.739. The zero-order valence-electron chi connectivity index (χ0n) is 21.1. The third-order valence-electron chi connectivity index (χ3n) is 6.70. The molecule has 4 saturated heterocycles. The monoisotopic (exact) mass is 558 g/mol. The largest absolute Gasteiger partial charge is 0.428 e. The van der Waals surface area contributed by atoms with Crippen molar-refractivity contribution in [2.45, 2.75) is 92.1 Å². The maximum Gasteiger partial charge on any atom is 0.333 e. The first-order valence-corrected chi connectivity index (χ1v) is 13.7. The highest BCUT2D eigenvalue weighted by atomic mass is 32.2. The molecule has 0 radical (unpaired) electrons. The Morgan fingerprint density at radius 3 is 1.46 bits per heavy atom. The van der Waals surface area contributed by atoms with Gasteiger partial charge in [0.25, 0.3) is 0 Å². The van der Waals surface area contributed by atoms with E-state index in [9.17, 15) is 28.8 Å². The third-order valence-corrected chi connectivity index (χ3v) is 9.69. The number of fused-ring (bicyclic) bond motifs is 2. The molecule has 0 aliphatic carbocycles. The Labute approximate surface area is 222 Å². The minimum absolute atomic E-state index is 0.0310. The molecule has 0 unspecified atom stereocenters. The van der Waals surface area contributed by atoms with Gasteiger partial charge in [-0.3, -0.25) is 19.2 Å². The third kappa shape index (κ3) is 5.54. The number of nitrogens with zero attached hydrogens (tertiary/aromatic N) is 2. The lowest BCUT2D eigenvalue weighted by Crippen LogP contribution is -2.57. The average Bonchev–Trinajstić information content (AvgIpc) is 3.15. The first kappa shape index (κ1) is 27.6. The SMILES string of the molecule is CC1(C)S[C@@H]2CC(=O)N2[C@H]1C(=O)OCOC(=O)CCCC(=O)OCOC(=O)[C@@H]1N2C(=O)C[C@H]2SC1(C)C. The van der Waals surface area contributed by atoms with Crippen molar-refractivity contribution in [2.24, 2.45) is 0 Å². The molecule has 0 saturated carbocycles. The molecule has 4 aliphatic rings. The fourth-order valence-electron chi connectivity index (χ4n) is 4.90. The Bertz CT molecular complexity index is 937. The van der Waals surface area contributed by atoms with Crippen LogP contribution in [-0.2, 0) is 47.7 Å². The maximum absolute atomic E-state index is 12.5. The fourth-order valence-corrected chi connectivity index (χ4v) is 8.14. The summed E-state index contributed by atoms with van der Waals surface area (Å²) in [5.74, 6) is -2.81. The Kier molecular flexibility index (Phi) is 7.71. The number of rotatable bonds is 10. The molecule has 0 aromatic heterocycles. The van der Waals surface area contributed by atoms with Crippen LogP contribution in [0.2, 0.25) is 0 Å². The lowest BCUT2D eigenvalue weighted by molar-refractivity contribution is -0.175. The van der Waals surface area contributed by atoms with Crippen molar-refractivity contribution in [1.29, 1.82) is 0 Å². The van der Waals surface area contributed by atoms with E-state index in [0.29, 0.717) is 12.8 Å². The summed E-state index contributed by atoms with van der Waals surface area (Å²) in [5, 5.41) is -0.0620. The molecule has 4 aliphatic heterocycles. The van der Waals surface area contributed by atoms with E-state index in [0.717, 1.165) is 0 Å². The summed E-state index contributed by atoms with van der Waals surface area (Å²) in [4.78, 5) is 75.4. The van der Waals surface area contributed by atoms with Crippen LogP contribution >= 0.6 is 23.5 Å². The molecular formula is C23H30N2O10S2. The zero-order valence-corrected chi connectivity index (χ0v) is 22.7. The maximum atomic E-state index is 12.5. The number of hydrogen-bond acceptors (Lipinski definition) is 12. The second-order valence-electron chi connectivity index (χ2n) is 10.2. The normalized spacial score (nSPS) is 28.4. The second kappa shape index (κ2) is 10.4. The van der Waals surface area contributed by atoms with Crippen molar-refractivity contribution in [3.63, 3.8) is 0 Å². The Hall–Kier alpha value is -2.48. The van der Waals surface area contributed by atoms with E-state index in [1.54, 1.807) is 0 Å². The van der Waals surface area contributed by atoms with Gasteiger partial charge < -0.3 is 28.7 Å². The van der Waals surface area contributed by atoms with E-state index in [2.05, 4.69) is 0 Å². The van der Waals surface area contributed by atoms with Crippen LogP contribution in [0.3, 0.4) is 0 Å². The number of hydrogen-bond donors (Lipinski definition) is 0. The molecule has 204 valence electrons. The molecule has 0 aromatic rings. The van der Waals surface area contributed by atoms with Crippen LogP contribution in [0.1, 0.15) is 59.8 Å². The van der Waals surface area contributed by atoms with Crippen molar-refractivity contribution in [1.82, 2.24) is 9.80 Å². The summed E-state index contributed by atoms with van der Waals surface area (Å²) in [6.45, 7) is 6.27. The standard InChI is InChI=1S/C23H30N2O10S2/c1-22(2)18(24-12(26)8-14(24)36-22)20(30)34-10-32-16(28)6-5-7-17(29)33-11-35-21(31)19-23(3,4)37-15-9-13(27)25(15)19/h14-15,18-19H,5-11H2,1-4H3/t14-,15-,18+,19+/m1/s1. The van der Waals surface area contributed by atoms with Crippen LogP contribution in [-0.4, -0.2) is 91.4 Å². The lowest BCUT2D eigenvalue weighted by Gasteiger charge is -2.37. The number of carbonyl (C=O) groups is 6. The van der Waals surface area contributed by atoms with Gasteiger partial charge in [0.15, 0.2) is 0 Å². The molecule has 37 heavy (non-hydrogen) atoms. The van der Waals surface area contributed by atoms with E-state index < -0.39 is 59.0 Å². The molecule has 14 heteroatoms. The Morgan fingerprint density at radius 1 is 0.730 bits per heavy atom. The van der Waals surface area contributed by atoms with E-state index >= 15 is 0 Å². The summed E-state index contributed by atoms with van der Waals surface area (Å²) < 4.78 is 18.9. The van der Waals surface area contributed by atoms with Gasteiger partial charge in [-0.2, -0.15) is 0 Å². The first-order chi connectivity index (χ1) is 17.3. The number of β-lactam (4-membered cyclic amide) rings is 2. The number of amides is 2. The van der Waals surface area contributed by atoms with Crippen LogP contribution in [0.5, 0.6) is 0 Å². The van der Waals surface area contributed by atoms with Crippen molar-refractivity contribution >= 4 is 59.2 Å². The van der Waals surface area contributed by atoms with Gasteiger partial charge >= 0.3 is 23.9 Å². The van der Waals surface area contributed by atoms with Gasteiger partial charge in [-0.05, 0) is 34.1 Å². The van der Waals surface area contributed by atoms with Crippen molar-refractivity contribution in [3.05, 3.63) is 0 Å². The second-order valence-corrected chi connectivity index (χ2v) is 13.9. The summed E-state index contributed by atoms with van der Waals surface area (Å²) >= 11 is 3.07. The quantitative estimate of drug-likeness (QED) is 0.215. The molecule has 0 spiro atoms. The summed E-state index contributed by atoms with van der Waals surface area (Å²) in [6.07, 6.45) is 0.684. The minimum Gasteiger partial charge on any atom is -0.428 e. The smallest absolute Gasteiger partial charge is 0.333 e. The van der Waals surface area contributed by atoms with Gasteiger partial charge in [-0.1, -0.05) is 0 Å². The highest BCUT2D eigenvalue weighted by molar-refractivity contribution is 8.02. The van der Waals surface area contributed by atoms with Crippen LogP contribution in [0.4, 0.5) is 0 Å². The highest BCUT2D eigenvalue weighted by Gasteiger charge is 2.60. The summed E-state index contributed by atoms with van der Waals surface area (Å²) in [5.41, 5.74) is 0. The first-order valence-electron chi connectivity index (χ1n) is 11.9. The molecule has 4 rings (SSSR count). The molecule has 0 N–H and O–H groups in total. The lowest BCUT2D eigenvalue weighted by atomic mass is 9.98. The van der Waals surface area contributed by atoms with Gasteiger partial charge in [0.05, 0.1) is 23.6 Å². The van der Waals surface area contributed by atoms with E-state index in [4.69, 9.17) is 18.9 Å². The van der Waals surface area contributed by atoms with E-state index in [-0.39, 0.29) is 41.8 Å². The van der Waals surface area contributed by atoms with Crippen molar-refractivity contribution in [3.8, 4) is 0 Å². The van der Waals surface area contributed by atoms with Gasteiger partial charge in [-0.25, -0.2) is 9.59 Å². The number of thioether (sulfide) groups is 2. The topological polar surface area (TPSA) is 146 Å². The van der Waals surface area contributed by atoms with E-state index in [1.807, 2.05) is 27.7 Å². The van der Waals surface area contributed by atoms with Crippen molar-refractivity contribution < 1.29 is 47.7 Å². The van der Waals surface area contributed by atoms with Crippen molar-refractivity contribution in [2.75, 3.05) is 13.6 Å². The van der Waals surface area contributed by atoms with E-state index in [1.165, 1.54) is 33.3 Å². The molecular weight excluding hydrogens is 528 g/mol. The molecule has 0 aromatic carbocycles. The summed E-state index contributed by atoms with van der Waals surface area (Å²) in [7, 11) is 0. The minimum atomic E-state index is -0.738. The van der Waals surface area contributed by atoms with Crippen LogP contribution in [0, 0.1) is 0 Å². The van der Waals surface area contributed by atoms with Crippen LogP contribution in [0.25, 0.3) is 0 Å². The molecule has 4 atom stereocenters. The van der Waals surface area contributed by atoms with Gasteiger partial charge in [0.1, 0.15) is 12.1 Å². The Balaban J connectivity index is 1.08. The average molecular weight is 559 g/mol. The number of esters is 4. The van der Waals surface area contributed by atoms with Crippen LogP contribution in [0.15, 0.2) is 0 Å². The van der Waals surface area contributed by atoms with Gasteiger partial charge in [-0.15, -0.1) is 23.5 Å². The van der Waals surface area contributed by atoms with Gasteiger partial charge in [0, 0.05) is 22.3 Å². The summed E-state index contributed by atoms with van der Waals surface area (Å²) in [6, 6.07) is -1.48. The zero-order chi connectivity index (χ0) is 27.1. The molecule has 2 amide bonds. The Morgan fingerprint density at radius 2 is 1.11 bits per heavy atom. The predicted octanol–water partition coefficient (Wildman–Crippen LogP) is 1.15. The molecule has 4 fully saturated rings. The highest BCUT2D eigenvalue weighted by Crippen LogP contribution is 2.51. The number of carbonyl (C=O) groups excluding carboxylic acids is 6. The number of ether oxygens (including phenoxy) is 4. The molecule has 12 nitrogen and oxygen atoms in total. The molecule has 4 heterocycles. The van der Waals surface area contributed by atoms with Gasteiger partial charge in [0.2, 0.25) is 25.4 Å². The predicted molar refractivity (Wildman–Crippen MR) is 129 cm³/mol. The van der Waals surface area contributed by atoms with Crippen LogP contribution < -0.4 is 0 Å².